The van der Waals surface area contributed by atoms with Crippen LogP contribution in [0.2, 0.25) is 0 Å². The van der Waals surface area contributed by atoms with Gasteiger partial charge in [-0.15, -0.1) is 0 Å². The van der Waals surface area contributed by atoms with Gasteiger partial charge in [-0.1, -0.05) is 28.1 Å². The molecule has 1 atom stereocenters. The number of hydrogen-bond acceptors (Lipinski definition) is 2. The number of nitrogens with one attached hydrogen (secondary N) is 1. The van der Waals surface area contributed by atoms with Crippen LogP contribution in [0.15, 0.2) is 28.9 Å². The largest absolute Gasteiger partial charge is 0.306 e. The fourth-order valence-electron chi connectivity index (χ4n) is 2.95. The Labute approximate surface area is 128 Å². The molecule has 0 saturated carbocycles. The van der Waals surface area contributed by atoms with Gasteiger partial charge in [0.15, 0.2) is 0 Å². The molecule has 0 amide bonds. The Balaban J connectivity index is 1.73. The summed E-state index contributed by atoms with van der Waals surface area (Å²) < 4.78 is 3.21. The lowest BCUT2D eigenvalue weighted by molar-refractivity contribution is 0.451. The average molecular weight is 334 g/mol. The van der Waals surface area contributed by atoms with Crippen LogP contribution in [-0.4, -0.2) is 9.78 Å². The van der Waals surface area contributed by atoms with Crippen LogP contribution < -0.4 is 5.32 Å². The number of fused-ring (bicyclic) bond motifs is 1. The van der Waals surface area contributed by atoms with Crippen molar-refractivity contribution in [3.05, 3.63) is 51.3 Å². The van der Waals surface area contributed by atoms with E-state index in [0.717, 1.165) is 13.0 Å². The summed E-state index contributed by atoms with van der Waals surface area (Å²) in [6.45, 7) is 3.00. The molecule has 3 rings (SSSR count). The second kappa shape index (κ2) is 5.70. The molecule has 0 saturated heterocycles. The standard InChI is InChI=1S/C16H20BrN3/c1-11-6-7-12(14(17)8-11)9-18-15-4-3-5-16-13(15)10-19-20(16)2/h6-8,10,15,18H,3-5,9H2,1-2H3. The maximum atomic E-state index is 4.40. The maximum Gasteiger partial charge on any atom is 0.0540 e. The number of aryl methyl sites for hydroxylation is 2. The van der Waals surface area contributed by atoms with E-state index in [2.05, 4.69) is 51.5 Å². The van der Waals surface area contributed by atoms with Crippen molar-refractivity contribution in [1.29, 1.82) is 0 Å². The predicted molar refractivity (Wildman–Crippen MR) is 84.6 cm³/mol. The van der Waals surface area contributed by atoms with E-state index in [-0.39, 0.29) is 0 Å². The summed E-state index contributed by atoms with van der Waals surface area (Å²) in [5.41, 5.74) is 5.36. The summed E-state index contributed by atoms with van der Waals surface area (Å²) in [6.07, 6.45) is 5.61. The molecule has 1 aliphatic carbocycles. The summed E-state index contributed by atoms with van der Waals surface area (Å²) in [5, 5.41) is 8.08. The van der Waals surface area contributed by atoms with Gasteiger partial charge in [-0.2, -0.15) is 5.10 Å². The van der Waals surface area contributed by atoms with Crippen molar-refractivity contribution in [1.82, 2.24) is 15.1 Å². The Hall–Kier alpha value is -1.13. The van der Waals surface area contributed by atoms with Crippen LogP contribution in [0.5, 0.6) is 0 Å². The summed E-state index contributed by atoms with van der Waals surface area (Å²) in [7, 11) is 2.04. The fraction of sp³-hybridized carbons (Fsp3) is 0.438. The van der Waals surface area contributed by atoms with E-state index >= 15 is 0 Å². The van der Waals surface area contributed by atoms with Crippen molar-refractivity contribution < 1.29 is 0 Å². The van der Waals surface area contributed by atoms with E-state index in [1.807, 2.05) is 17.9 Å². The van der Waals surface area contributed by atoms with Gasteiger partial charge >= 0.3 is 0 Å². The van der Waals surface area contributed by atoms with Crippen LogP contribution >= 0.6 is 15.9 Å². The van der Waals surface area contributed by atoms with E-state index in [0.29, 0.717) is 6.04 Å². The first-order valence-corrected chi connectivity index (χ1v) is 7.93. The number of rotatable bonds is 3. The second-order valence-electron chi connectivity index (χ2n) is 5.59. The zero-order valence-corrected chi connectivity index (χ0v) is 13.6. The molecular formula is C16H20BrN3. The molecule has 1 heterocycles. The summed E-state index contributed by atoms with van der Waals surface area (Å²) >= 11 is 3.65. The van der Waals surface area contributed by atoms with Gasteiger partial charge in [-0.3, -0.25) is 4.68 Å². The topological polar surface area (TPSA) is 29.9 Å². The van der Waals surface area contributed by atoms with E-state index in [9.17, 15) is 0 Å². The fourth-order valence-corrected chi connectivity index (χ4v) is 3.58. The third-order valence-corrected chi connectivity index (χ3v) is 4.86. The molecule has 1 aromatic heterocycles. The molecule has 4 heteroatoms. The van der Waals surface area contributed by atoms with E-state index in [1.54, 1.807) is 0 Å². The third kappa shape index (κ3) is 2.67. The number of nitrogens with zero attached hydrogens (tertiary/aromatic N) is 2. The van der Waals surface area contributed by atoms with Gasteiger partial charge < -0.3 is 5.32 Å². The lowest BCUT2D eigenvalue weighted by Crippen LogP contribution is -2.25. The highest BCUT2D eigenvalue weighted by Gasteiger charge is 2.22. The van der Waals surface area contributed by atoms with Crippen molar-refractivity contribution in [3.63, 3.8) is 0 Å². The monoisotopic (exact) mass is 333 g/mol. The first kappa shape index (κ1) is 13.8. The molecule has 0 spiro atoms. The normalized spacial score (nSPS) is 18.1. The number of halogens is 1. The summed E-state index contributed by atoms with van der Waals surface area (Å²) in [5.74, 6) is 0. The number of hydrogen-bond donors (Lipinski definition) is 1. The van der Waals surface area contributed by atoms with E-state index in [1.165, 1.54) is 39.7 Å². The zero-order chi connectivity index (χ0) is 14.1. The molecule has 0 radical (unpaired) electrons. The molecule has 1 aliphatic rings. The summed E-state index contributed by atoms with van der Waals surface area (Å²) in [4.78, 5) is 0. The highest BCUT2D eigenvalue weighted by Crippen LogP contribution is 2.29. The minimum Gasteiger partial charge on any atom is -0.306 e. The molecule has 3 nitrogen and oxygen atoms in total. The molecule has 0 bridgehead atoms. The molecule has 2 aromatic rings. The van der Waals surface area contributed by atoms with E-state index in [4.69, 9.17) is 0 Å². The average Bonchev–Trinajstić information content (AvgIpc) is 2.80. The van der Waals surface area contributed by atoms with Gasteiger partial charge in [0.25, 0.3) is 0 Å². The Bertz CT molecular complexity index is 618. The van der Waals surface area contributed by atoms with Gasteiger partial charge in [0.05, 0.1) is 6.20 Å². The predicted octanol–water partition coefficient (Wildman–Crippen LogP) is 3.66. The molecule has 1 N–H and O–H groups in total. The smallest absolute Gasteiger partial charge is 0.0540 e. The number of benzene rings is 1. The quantitative estimate of drug-likeness (QED) is 0.928. The Morgan fingerprint density at radius 3 is 3.10 bits per heavy atom. The molecule has 106 valence electrons. The van der Waals surface area contributed by atoms with Crippen molar-refractivity contribution in [2.75, 3.05) is 0 Å². The Kier molecular flexibility index (Phi) is 3.94. The third-order valence-electron chi connectivity index (χ3n) is 4.12. The van der Waals surface area contributed by atoms with Crippen LogP contribution in [0, 0.1) is 6.92 Å². The molecule has 0 aliphatic heterocycles. The minimum absolute atomic E-state index is 0.431. The second-order valence-corrected chi connectivity index (χ2v) is 6.45. The molecular weight excluding hydrogens is 314 g/mol. The maximum absolute atomic E-state index is 4.40. The van der Waals surface area contributed by atoms with Gasteiger partial charge in [0.2, 0.25) is 0 Å². The zero-order valence-electron chi connectivity index (χ0n) is 12.0. The van der Waals surface area contributed by atoms with Gasteiger partial charge in [0.1, 0.15) is 0 Å². The van der Waals surface area contributed by atoms with Crippen LogP contribution in [-0.2, 0) is 20.0 Å². The SMILES string of the molecule is Cc1ccc(CNC2CCCc3c2cnn3C)c(Br)c1. The summed E-state index contributed by atoms with van der Waals surface area (Å²) in [6, 6.07) is 6.96. The van der Waals surface area contributed by atoms with Crippen LogP contribution in [0.1, 0.15) is 41.3 Å². The van der Waals surface area contributed by atoms with Crippen LogP contribution in [0.4, 0.5) is 0 Å². The van der Waals surface area contributed by atoms with Gasteiger partial charge in [0, 0.05) is 35.4 Å². The lowest BCUT2D eigenvalue weighted by Gasteiger charge is -2.24. The number of aromatic nitrogens is 2. The molecule has 20 heavy (non-hydrogen) atoms. The van der Waals surface area contributed by atoms with Gasteiger partial charge in [-0.05, 0) is 43.4 Å². The Morgan fingerprint density at radius 1 is 1.45 bits per heavy atom. The van der Waals surface area contributed by atoms with Gasteiger partial charge in [-0.25, -0.2) is 0 Å². The molecule has 1 unspecified atom stereocenters. The Morgan fingerprint density at radius 2 is 2.30 bits per heavy atom. The molecule has 0 fully saturated rings. The lowest BCUT2D eigenvalue weighted by atomic mass is 9.93. The first-order valence-electron chi connectivity index (χ1n) is 7.14. The van der Waals surface area contributed by atoms with Crippen LogP contribution in [0.3, 0.4) is 0 Å². The van der Waals surface area contributed by atoms with Crippen LogP contribution in [0.25, 0.3) is 0 Å². The molecule has 1 aromatic carbocycles. The highest BCUT2D eigenvalue weighted by atomic mass is 79.9. The van der Waals surface area contributed by atoms with Crippen molar-refractivity contribution >= 4 is 15.9 Å². The van der Waals surface area contributed by atoms with E-state index < -0.39 is 0 Å². The first-order chi connectivity index (χ1) is 9.65. The van der Waals surface area contributed by atoms with Crippen molar-refractivity contribution in [2.45, 2.75) is 38.8 Å². The van der Waals surface area contributed by atoms with Crippen molar-refractivity contribution in [3.8, 4) is 0 Å². The minimum atomic E-state index is 0.431. The highest BCUT2D eigenvalue weighted by molar-refractivity contribution is 9.10. The van der Waals surface area contributed by atoms with Crippen molar-refractivity contribution in [2.24, 2.45) is 7.05 Å².